The number of aryl methyl sites for hydroxylation is 2. The Morgan fingerprint density at radius 1 is 1.11 bits per heavy atom. The number of pyridine rings is 1. The minimum Gasteiger partial charge on any atom is -0.508 e. The third kappa shape index (κ3) is 3.15. The molecule has 1 aliphatic carbocycles. The molecule has 2 aromatic carbocycles. The summed E-state index contributed by atoms with van der Waals surface area (Å²) in [6.07, 6.45) is 3.62. The van der Waals surface area contributed by atoms with Crippen LogP contribution < -0.4 is 0 Å². The van der Waals surface area contributed by atoms with Gasteiger partial charge < -0.3 is 10.2 Å². The van der Waals surface area contributed by atoms with Crippen molar-refractivity contribution in [3.8, 4) is 22.8 Å². The second-order valence-electron chi connectivity index (χ2n) is 7.64. The van der Waals surface area contributed by atoms with Gasteiger partial charge in [0.15, 0.2) is 5.78 Å². The maximum Gasteiger partial charge on any atom is 0.174 e. The van der Waals surface area contributed by atoms with Gasteiger partial charge in [0.25, 0.3) is 0 Å². The van der Waals surface area contributed by atoms with E-state index in [1.54, 1.807) is 6.20 Å². The van der Waals surface area contributed by atoms with Crippen molar-refractivity contribution in [1.29, 1.82) is 0 Å². The van der Waals surface area contributed by atoms with Crippen LogP contribution in [0.1, 0.15) is 46.3 Å². The average Bonchev–Trinajstić information content (AvgIpc) is 2.67. The Morgan fingerprint density at radius 3 is 2.68 bits per heavy atom. The third-order valence-electron chi connectivity index (χ3n) is 5.73. The first kappa shape index (κ1) is 18.2. The minimum atomic E-state index is -0.307. The Kier molecular flexibility index (Phi) is 4.63. The van der Waals surface area contributed by atoms with Gasteiger partial charge in [0, 0.05) is 17.8 Å². The maximum absolute atomic E-state index is 13.3. The molecule has 0 fully saturated rings. The van der Waals surface area contributed by atoms with E-state index >= 15 is 0 Å². The Hall–Kier alpha value is -3.14. The fraction of sp³-hybridized carbons (Fsp3) is 0.250. The first-order chi connectivity index (χ1) is 13.5. The van der Waals surface area contributed by atoms with Gasteiger partial charge in [-0.25, -0.2) is 0 Å². The van der Waals surface area contributed by atoms with Crippen molar-refractivity contribution in [1.82, 2.24) is 4.98 Å². The van der Waals surface area contributed by atoms with Crippen LogP contribution in [0, 0.1) is 12.8 Å². The zero-order chi connectivity index (χ0) is 19.8. The van der Waals surface area contributed by atoms with Crippen LogP contribution in [0.4, 0.5) is 0 Å². The number of phenolic OH excluding ortho intramolecular Hbond substituents is 2. The quantitative estimate of drug-likeness (QED) is 0.633. The number of aromatic nitrogens is 1. The highest BCUT2D eigenvalue weighted by Gasteiger charge is 2.34. The standard InChI is InChI=1S/C24H23NO3/c1-14-5-6-16-12-17(23-15(2)4-3-11-25-23)7-9-19(16)22(14)24(28)20-10-8-18(26)13-21(20)27/h3-4,7-14,22,26-27H,5-6H2,1-2H3. The Balaban J connectivity index is 1.76. The number of aromatic hydroxyl groups is 2. The van der Waals surface area contributed by atoms with Crippen LogP contribution >= 0.6 is 0 Å². The number of hydrogen-bond donors (Lipinski definition) is 2. The number of fused-ring (bicyclic) bond motifs is 1. The molecule has 1 heterocycles. The van der Waals surface area contributed by atoms with Gasteiger partial charge in [0.2, 0.25) is 0 Å². The lowest BCUT2D eigenvalue weighted by molar-refractivity contribution is 0.0923. The molecule has 3 aromatic rings. The van der Waals surface area contributed by atoms with Crippen LogP contribution in [-0.2, 0) is 6.42 Å². The molecule has 142 valence electrons. The molecule has 4 heteroatoms. The van der Waals surface area contributed by atoms with Gasteiger partial charge in [-0.3, -0.25) is 9.78 Å². The van der Waals surface area contributed by atoms with Gasteiger partial charge in [-0.15, -0.1) is 0 Å². The average molecular weight is 373 g/mol. The van der Waals surface area contributed by atoms with E-state index < -0.39 is 0 Å². The number of carbonyl (C=O) groups excluding carboxylic acids is 1. The first-order valence-electron chi connectivity index (χ1n) is 9.56. The highest BCUT2D eigenvalue weighted by Crippen LogP contribution is 2.41. The van der Waals surface area contributed by atoms with Crippen molar-refractivity contribution < 1.29 is 15.0 Å². The highest BCUT2D eigenvalue weighted by molar-refractivity contribution is 6.03. The van der Waals surface area contributed by atoms with Crippen molar-refractivity contribution >= 4 is 5.78 Å². The Bertz CT molecular complexity index is 1060. The van der Waals surface area contributed by atoms with E-state index in [4.69, 9.17) is 0 Å². The van der Waals surface area contributed by atoms with Crippen LogP contribution in [0.5, 0.6) is 11.5 Å². The molecule has 0 saturated heterocycles. The van der Waals surface area contributed by atoms with Crippen LogP contribution in [-0.4, -0.2) is 21.0 Å². The van der Waals surface area contributed by atoms with Gasteiger partial charge in [-0.2, -0.15) is 0 Å². The fourth-order valence-corrected chi connectivity index (χ4v) is 4.21. The number of rotatable bonds is 3. The number of benzene rings is 2. The SMILES string of the molecule is Cc1cccnc1-c1ccc2c(c1)CCC(C)C2C(=O)c1ccc(O)cc1O. The van der Waals surface area contributed by atoms with Gasteiger partial charge in [-0.05, 0) is 66.6 Å². The number of carbonyl (C=O) groups is 1. The number of hydrogen-bond acceptors (Lipinski definition) is 4. The lowest BCUT2D eigenvalue weighted by atomic mass is 9.72. The molecule has 0 saturated carbocycles. The third-order valence-corrected chi connectivity index (χ3v) is 5.73. The fourth-order valence-electron chi connectivity index (χ4n) is 4.21. The monoisotopic (exact) mass is 373 g/mol. The molecule has 0 radical (unpaired) electrons. The molecule has 2 N–H and O–H groups in total. The van der Waals surface area contributed by atoms with Crippen LogP contribution in [0.15, 0.2) is 54.7 Å². The molecule has 4 nitrogen and oxygen atoms in total. The predicted octanol–water partition coefficient (Wildman–Crippen LogP) is 5.02. The summed E-state index contributed by atoms with van der Waals surface area (Å²) in [5, 5.41) is 19.7. The molecular formula is C24H23NO3. The first-order valence-corrected chi connectivity index (χ1v) is 9.56. The zero-order valence-corrected chi connectivity index (χ0v) is 16.0. The molecule has 0 aliphatic heterocycles. The summed E-state index contributed by atoms with van der Waals surface area (Å²) in [7, 11) is 0. The van der Waals surface area contributed by atoms with E-state index in [1.807, 2.05) is 31.2 Å². The second kappa shape index (κ2) is 7.12. The number of Topliss-reactive ketones (excluding diaryl/α,β-unsaturated/α-hetero) is 1. The molecule has 2 atom stereocenters. The number of ketones is 1. The van der Waals surface area contributed by atoms with Crippen LogP contribution in [0.3, 0.4) is 0 Å². The topological polar surface area (TPSA) is 70.4 Å². The summed E-state index contributed by atoms with van der Waals surface area (Å²) in [5.41, 5.74) is 5.58. The van der Waals surface area contributed by atoms with Crippen molar-refractivity contribution in [2.24, 2.45) is 5.92 Å². The predicted molar refractivity (Wildman–Crippen MR) is 109 cm³/mol. The van der Waals surface area contributed by atoms with E-state index in [9.17, 15) is 15.0 Å². The van der Waals surface area contributed by atoms with E-state index in [2.05, 4.69) is 18.0 Å². The van der Waals surface area contributed by atoms with E-state index in [0.29, 0.717) is 0 Å². The van der Waals surface area contributed by atoms with E-state index in [-0.39, 0.29) is 34.7 Å². The maximum atomic E-state index is 13.3. The molecule has 1 aliphatic rings. The van der Waals surface area contributed by atoms with Gasteiger partial charge in [-0.1, -0.05) is 25.1 Å². The summed E-state index contributed by atoms with van der Waals surface area (Å²) >= 11 is 0. The lowest BCUT2D eigenvalue weighted by Crippen LogP contribution is -2.26. The zero-order valence-electron chi connectivity index (χ0n) is 16.0. The van der Waals surface area contributed by atoms with Crippen molar-refractivity contribution in [2.45, 2.75) is 32.6 Å². The van der Waals surface area contributed by atoms with Crippen LogP contribution in [0.2, 0.25) is 0 Å². The molecule has 0 amide bonds. The van der Waals surface area contributed by atoms with Crippen molar-refractivity contribution in [2.75, 3.05) is 0 Å². The summed E-state index contributed by atoms with van der Waals surface area (Å²) in [5.74, 6) is -0.465. The largest absolute Gasteiger partial charge is 0.508 e. The van der Waals surface area contributed by atoms with Gasteiger partial charge >= 0.3 is 0 Å². The van der Waals surface area contributed by atoms with E-state index in [1.165, 1.54) is 18.2 Å². The number of nitrogens with zero attached hydrogens (tertiary/aromatic N) is 1. The molecule has 1 aromatic heterocycles. The van der Waals surface area contributed by atoms with Crippen molar-refractivity contribution in [3.05, 3.63) is 77.0 Å². The molecule has 28 heavy (non-hydrogen) atoms. The molecule has 0 spiro atoms. The van der Waals surface area contributed by atoms with E-state index in [0.717, 1.165) is 40.8 Å². The van der Waals surface area contributed by atoms with Gasteiger partial charge in [0.1, 0.15) is 11.5 Å². The second-order valence-corrected chi connectivity index (χ2v) is 7.64. The molecule has 2 unspecified atom stereocenters. The molecular weight excluding hydrogens is 350 g/mol. The smallest absolute Gasteiger partial charge is 0.174 e. The van der Waals surface area contributed by atoms with Crippen molar-refractivity contribution in [3.63, 3.8) is 0 Å². The normalized spacial score (nSPS) is 18.5. The summed E-state index contributed by atoms with van der Waals surface area (Å²) in [6.45, 7) is 4.13. The summed E-state index contributed by atoms with van der Waals surface area (Å²) < 4.78 is 0. The van der Waals surface area contributed by atoms with Gasteiger partial charge in [0.05, 0.1) is 17.2 Å². The minimum absolute atomic E-state index is 0.0542. The highest BCUT2D eigenvalue weighted by atomic mass is 16.3. The lowest BCUT2D eigenvalue weighted by Gasteiger charge is -2.31. The summed E-state index contributed by atoms with van der Waals surface area (Å²) in [6, 6.07) is 14.3. The Labute approximate surface area is 164 Å². The molecule has 0 bridgehead atoms. The number of phenols is 2. The van der Waals surface area contributed by atoms with Crippen LogP contribution in [0.25, 0.3) is 11.3 Å². The summed E-state index contributed by atoms with van der Waals surface area (Å²) in [4.78, 5) is 17.8. The molecule has 4 rings (SSSR count). The Morgan fingerprint density at radius 2 is 1.93 bits per heavy atom.